The van der Waals surface area contributed by atoms with Gasteiger partial charge in [0.2, 0.25) is 0 Å². The number of hydrogen-bond donors (Lipinski definition) is 2. The topological polar surface area (TPSA) is 66.7 Å². The minimum Gasteiger partial charge on any atom is -0.379 e. The van der Waals surface area contributed by atoms with Crippen LogP contribution in [0.1, 0.15) is 30.3 Å². The summed E-state index contributed by atoms with van der Waals surface area (Å²) in [6.45, 7) is 13.4. The zero-order valence-electron chi connectivity index (χ0n) is 17.9. The number of morpholine rings is 1. The molecule has 1 aromatic heterocycles. The first-order valence-corrected chi connectivity index (χ1v) is 10.6. The van der Waals surface area contributed by atoms with E-state index < -0.39 is 0 Å². The van der Waals surface area contributed by atoms with Gasteiger partial charge in [0.15, 0.2) is 5.96 Å². The second-order valence-corrected chi connectivity index (χ2v) is 7.40. The number of benzene rings is 1. The highest BCUT2D eigenvalue weighted by molar-refractivity contribution is 5.79. The average molecular weight is 399 g/mol. The van der Waals surface area contributed by atoms with Gasteiger partial charge in [-0.05, 0) is 51.4 Å². The third-order valence-electron chi connectivity index (χ3n) is 5.03. The molecular formula is C22H34N6O. The van der Waals surface area contributed by atoms with E-state index in [1.54, 1.807) is 0 Å². The van der Waals surface area contributed by atoms with E-state index in [1.165, 1.54) is 0 Å². The summed E-state index contributed by atoms with van der Waals surface area (Å²) in [5.41, 5.74) is 4.40. The van der Waals surface area contributed by atoms with Crippen LogP contribution < -0.4 is 10.6 Å². The predicted octanol–water partition coefficient (Wildman–Crippen LogP) is 2.27. The van der Waals surface area contributed by atoms with Crippen molar-refractivity contribution in [2.75, 3.05) is 45.9 Å². The van der Waals surface area contributed by atoms with E-state index in [-0.39, 0.29) is 0 Å². The molecule has 1 aliphatic heterocycles. The van der Waals surface area contributed by atoms with Crippen LogP contribution in [0.4, 0.5) is 0 Å². The zero-order chi connectivity index (χ0) is 20.5. The van der Waals surface area contributed by atoms with Gasteiger partial charge in [-0.1, -0.05) is 18.2 Å². The van der Waals surface area contributed by atoms with E-state index >= 15 is 0 Å². The third-order valence-corrected chi connectivity index (χ3v) is 5.03. The lowest BCUT2D eigenvalue weighted by molar-refractivity contribution is 0.0376. The Balaban J connectivity index is 1.59. The van der Waals surface area contributed by atoms with Crippen LogP contribution >= 0.6 is 0 Å². The fraction of sp³-hybridized carbons (Fsp3) is 0.545. The van der Waals surface area contributed by atoms with Gasteiger partial charge in [-0.15, -0.1) is 0 Å². The summed E-state index contributed by atoms with van der Waals surface area (Å²) in [6, 6.07) is 10.4. The summed E-state index contributed by atoms with van der Waals surface area (Å²) in [7, 11) is 0. The van der Waals surface area contributed by atoms with E-state index in [2.05, 4.69) is 58.7 Å². The summed E-state index contributed by atoms with van der Waals surface area (Å²) in [6.07, 6.45) is 1.09. The average Bonchev–Trinajstić information content (AvgIpc) is 3.08. The van der Waals surface area contributed by atoms with Gasteiger partial charge >= 0.3 is 0 Å². The first-order chi connectivity index (χ1) is 14.2. The maximum absolute atomic E-state index is 5.41. The summed E-state index contributed by atoms with van der Waals surface area (Å²) in [5.74, 6) is 0.859. The van der Waals surface area contributed by atoms with Gasteiger partial charge < -0.3 is 15.4 Å². The normalized spacial score (nSPS) is 15.5. The maximum atomic E-state index is 5.41. The summed E-state index contributed by atoms with van der Waals surface area (Å²) in [5, 5.41) is 11.4. The highest BCUT2D eigenvalue weighted by Gasteiger charge is 2.10. The summed E-state index contributed by atoms with van der Waals surface area (Å²) >= 11 is 0. The first kappa shape index (κ1) is 21.3. The summed E-state index contributed by atoms with van der Waals surface area (Å²) in [4.78, 5) is 7.27. The highest BCUT2D eigenvalue weighted by atomic mass is 16.5. The minimum absolute atomic E-state index is 0.604. The molecule has 2 heterocycles. The van der Waals surface area contributed by atoms with Crippen LogP contribution in [0.5, 0.6) is 0 Å². The largest absolute Gasteiger partial charge is 0.379 e. The highest BCUT2D eigenvalue weighted by Crippen LogP contribution is 2.17. The first-order valence-electron chi connectivity index (χ1n) is 10.6. The Kier molecular flexibility index (Phi) is 8.07. The Hall–Kier alpha value is -2.38. The Morgan fingerprint density at radius 1 is 1.17 bits per heavy atom. The van der Waals surface area contributed by atoms with E-state index in [4.69, 9.17) is 9.73 Å². The predicted molar refractivity (Wildman–Crippen MR) is 118 cm³/mol. The third kappa shape index (κ3) is 6.30. The molecule has 7 heteroatoms. The number of rotatable bonds is 8. The molecule has 0 radical (unpaired) electrons. The Morgan fingerprint density at radius 2 is 1.97 bits per heavy atom. The molecule has 0 unspecified atom stereocenters. The van der Waals surface area contributed by atoms with Gasteiger partial charge in [0.25, 0.3) is 0 Å². The number of nitrogens with zero attached hydrogens (tertiary/aromatic N) is 4. The molecule has 1 fully saturated rings. The lowest BCUT2D eigenvalue weighted by atomic mass is 10.2. The molecule has 0 spiro atoms. The molecule has 0 bridgehead atoms. The number of hydrogen-bond acceptors (Lipinski definition) is 4. The van der Waals surface area contributed by atoms with Gasteiger partial charge in [0.05, 0.1) is 31.1 Å². The number of nitrogens with one attached hydrogen (secondary N) is 2. The van der Waals surface area contributed by atoms with Crippen molar-refractivity contribution in [3.8, 4) is 5.69 Å². The van der Waals surface area contributed by atoms with Crippen molar-refractivity contribution >= 4 is 5.96 Å². The number of ether oxygens (including phenoxy) is 1. The van der Waals surface area contributed by atoms with Crippen molar-refractivity contribution in [3.05, 3.63) is 47.3 Å². The Labute approximate surface area is 174 Å². The fourth-order valence-corrected chi connectivity index (χ4v) is 3.56. The molecule has 2 N–H and O–H groups in total. The molecule has 1 saturated heterocycles. The van der Waals surface area contributed by atoms with Crippen LogP contribution in [0.15, 0.2) is 35.3 Å². The Morgan fingerprint density at radius 3 is 2.69 bits per heavy atom. The quantitative estimate of drug-likeness (QED) is 0.406. The van der Waals surface area contributed by atoms with Crippen LogP contribution in [0.3, 0.4) is 0 Å². The van der Waals surface area contributed by atoms with Gasteiger partial charge in [-0.25, -0.2) is 9.67 Å². The SMILES string of the molecule is CCNC(=NCc1ccccc1-n1nc(C)cc1C)NCCCN1CCOCC1. The van der Waals surface area contributed by atoms with Crippen LogP contribution in [-0.4, -0.2) is 66.6 Å². The Bertz CT molecular complexity index is 794. The molecule has 0 saturated carbocycles. The number of aryl methyl sites for hydroxylation is 2. The molecule has 2 aromatic rings. The number of aromatic nitrogens is 2. The van der Waals surface area contributed by atoms with Crippen molar-refractivity contribution in [1.29, 1.82) is 0 Å². The van der Waals surface area contributed by atoms with Crippen LogP contribution in [0, 0.1) is 13.8 Å². The molecule has 0 aliphatic carbocycles. The van der Waals surface area contributed by atoms with E-state index in [0.29, 0.717) is 6.54 Å². The van der Waals surface area contributed by atoms with Crippen LogP contribution in [-0.2, 0) is 11.3 Å². The number of para-hydroxylation sites is 1. The zero-order valence-corrected chi connectivity index (χ0v) is 17.9. The van der Waals surface area contributed by atoms with E-state index in [1.807, 2.05) is 17.7 Å². The van der Waals surface area contributed by atoms with E-state index in [0.717, 1.165) is 81.0 Å². The lowest BCUT2D eigenvalue weighted by Crippen LogP contribution is -2.40. The molecule has 0 atom stereocenters. The molecular weight excluding hydrogens is 364 g/mol. The van der Waals surface area contributed by atoms with E-state index in [9.17, 15) is 0 Å². The van der Waals surface area contributed by atoms with Crippen molar-refractivity contribution in [2.24, 2.45) is 4.99 Å². The maximum Gasteiger partial charge on any atom is 0.191 e. The molecule has 0 amide bonds. The molecule has 3 rings (SSSR count). The number of aliphatic imine (C=N–C) groups is 1. The summed E-state index contributed by atoms with van der Waals surface area (Å²) < 4.78 is 7.41. The number of guanidine groups is 1. The van der Waals surface area contributed by atoms with Crippen LogP contribution in [0.25, 0.3) is 5.69 Å². The molecule has 158 valence electrons. The second kappa shape index (κ2) is 11.0. The fourth-order valence-electron chi connectivity index (χ4n) is 3.56. The van der Waals surface area contributed by atoms with Gasteiger partial charge in [-0.2, -0.15) is 5.10 Å². The van der Waals surface area contributed by atoms with Crippen molar-refractivity contribution < 1.29 is 4.74 Å². The second-order valence-electron chi connectivity index (χ2n) is 7.40. The van der Waals surface area contributed by atoms with Crippen molar-refractivity contribution in [2.45, 2.75) is 33.7 Å². The molecule has 1 aromatic carbocycles. The lowest BCUT2D eigenvalue weighted by Gasteiger charge is -2.26. The standard InChI is InChI=1S/C22H34N6O/c1-4-23-22(24-10-7-11-27-12-14-29-15-13-27)25-17-20-8-5-6-9-21(20)28-19(3)16-18(2)26-28/h5-6,8-9,16H,4,7,10-15,17H2,1-3H3,(H2,23,24,25). The molecule has 7 nitrogen and oxygen atoms in total. The monoisotopic (exact) mass is 398 g/mol. The van der Waals surface area contributed by atoms with Crippen LogP contribution in [0.2, 0.25) is 0 Å². The van der Waals surface area contributed by atoms with Gasteiger partial charge in [0, 0.05) is 31.9 Å². The van der Waals surface area contributed by atoms with Crippen molar-refractivity contribution in [3.63, 3.8) is 0 Å². The minimum atomic E-state index is 0.604. The molecule has 29 heavy (non-hydrogen) atoms. The smallest absolute Gasteiger partial charge is 0.191 e. The van der Waals surface area contributed by atoms with Gasteiger partial charge in [-0.3, -0.25) is 4.90 Å². The molecule has 1 aliphatic rings. The van der Waals surface area contributed by atoms with Gasteiger partial charge in [0.1, 0.15) is 0 Å². The van der Waals surface area contributed by atoms with Crippen molar-refractivity contribution in [1.82, 2.24) is 25.3 Å².